The van der Waals surface area contributed by atoms with Crippen molar-refractivity contribution in [1.29, 1.82) is 0 Å². The molecule has 0 amide bonds. The number of Topliss-reactive ketones (excluding diaryl/α,β-unsaturated/α-hetero) is 1. The summed E-state index contributed by atoms with van der Waals surface area (Å²) >= 11 is 1.18. The fourth-order valence-electron chi connectivity index (χ4n) is 2.55. The van der Waals surface area contributed by atoms with Crippen molar-refractivity contribution in [1.82, 2.24) is 4.98 Å². The molecule has 1 aliphatic rings. The summed E-state index contributed by atoms with van der Waals surface area (Å²) in [6, 6.07) is 7.80. The fourth-order valence-corrected chi connectivity index (χ4v) is 3.49. The van der Waals surface area contributed by atoms with Gasteiger partial charge in [0.15, 0.2) is 10.7 Å². The average Bonchev–Trinajstić information content (AvgIpc) is 3.18. The smallest absolute Gasteiger partial charge is 0.358 e. The molecule has 0 atom stereocenters. The molecule has 0 radical (unpaired) electrons. The summed E-state index contributed by atoms with van der Waals surface area (Å²) in [6.07, 6.45) is 2.65. The number of hydrogen-bond acceptors (Lipinski definition) is 5. The second-order valence-electron chi connectivity index (χ2n) is 5.28. The van der Waals surface area contributed by atoms with Gasteiger partial charge in [0.1, 0.15) is 0 Å². The molecule has 0 N–H and O–H groups in total. The summed E-state index contributed by atoms with van der Waals surface area (Å²) in [5.41, 5.74) is 3.53. The molecule has 0 spiro atoms. The quantitative estimate of drug-likeness (QED) is 0.634. The molecule has 4 nitrogen and oxygen atoms in total. The van der Waals surface area contributed by atoms with Gasteiger partial charge in [-0.15, -0.1) is 11.3 Å². The van der Waals surface area contributed by atoms with E-state index in [-0.39, 0.29) is 16.5 Å². The van der Waals surface area contributed by atoms with E-state index in [0.717, 1.165) is 17.5 Å². The SMILES string of the molecule is C=C(C)c1sc(C(=O)C2=CCc3ccccc32)nc1C(=O)OC. The van der Waals surface area contributed by atoms with Crippen LogP contribution in [-0.4, -0.2) is 23.8 Å². The Kier molecular flexibility index (Phi) is 3.96. The number of esters is 1. The molecule has 0 fully saturated rings. The maximum atomic E-state index is 12.8. The van der Waals surface area contributed by atoms with Gasteiger partial charge >= 0.3 is 5.97 Å². The predicted octanol–water partition coefficient (Wildman–Crippen LogP) is 3.79. The van der Waals surface area contributed by atoms with Crippen molar-refractivity contribution in [3.8, 4) is 0 Å². The number of ketones is 1. The zero-order valence-corrected chi connectivity index (χ0v) is 13.7. The Balaban J connectivity index is 2.02. The van der Waals surface area contributed by atoms with Crippen LogP contribution in [-0.2, 0) is 11.2 Å². The number of benzene rings is 1. The highest BCUT2D eigenvalue weighted by molar-refractivity contribution is 7.15. The molecule has 0 bridgehead atoms. The van der Waals surface area contributed by atoms with Gasteiger partial charge in [-0.1, -0.05) is 36.9 Å². The Morgan fingerprint density at radius 2 is 2.04 bits per heavy atom. The molecule has 1 aromatic heterocycles. The van der Waals surface area contributed by atoms with E-state index in [4.69, 9.17) is 4.74 Å². The standard InChI is InChI=1S/C18H15NO3S/c1-10(2)16-14(18(21)22-3)19-17(23-16)15(20)13-9-8-11-6-4-5-7-12(11)13/h4-7,9H,1,8H2,2-3H3. The second kappa shape index (κ2) is 5.93. The van der Waals surface area contributed by atoms with Gasteiger partial charge in [0.05, 0.1) is 12.0 Å². The molecule has 1 aromatic carbocycles. The molecule has 0 unspecified atom stereocenters. The Labute approximate surface area is 138 Å². The number of thiazole rings is 1. The first-order valence-corrected chi connectivity index (χ1v) is 7.92. The van der Waals surface area contributed by atoms with E-state index in [1.165, 1.54) is 18.4 Å². The fraction of sp³-hybridized carbons (Fsp3) is 0.167. The summed E-state index contributed by atoms with van der Waals surface area (Å²) in [5, 5.41) is 0.284. The summed E-state index contributed by atoms with van der Waals surface area (Å²) in [6.45, 7) is 5.62. The van der Waals surface area contributed by atoms with E-state index in [2.05, 4.69) is 11.6 Å². The van der Waals surface area contributed by atoms with Crippen molar-refractivity contribution in [2.45, 2.75) is 13.3 Å². The number of nitrogens with zero attached hydrogens (tertiary/aromatic N) is 1. The number of hydrogen-bond donors (Lipinski definition) is 0. The molecule has 0 aliphatic heterocycles. The Hall–Kier alpha value is -2.53. The van der Waals surface area contributed by atoms with Crippen LogP contribution in [0.25, 0.3) is 11.1 Å². The molecule has 3 rings (SSSR count). The van der Waals surface area contributed by atoms with Gasteiger partial charge in [0.25, 0.3) is 0 Å². The summed E-state index contributed by atoms with van der Waals surface area (Å²) in [4.78, 5) is 29.5. The summed E-state index contributed by atoms with van der Waals surface area (Å²) < 4.78 is 4.74. The first-order chi connectivity index (χ1) is 11.0. The van der Waals surface area contributed by atoms with E-state index in [9.17, 15) is 9.59 Å². The molecule has 0 saturated carbocycles. The number of aromatic nitrogens is 1. The van der Waals surface area contributed by atoms with E-state index in [1.54, 1.807) is 6.92 Å². The van der Waals surface area contributed by atoms with E-state index >= 15 is 0 Å². The van der Waals surface area contributed by atoms with Crippen LogP contribution in [0, 0.1) is 0 Å². The van der Waals surface area contributed by atoms with Crippen LogP contribution in [0.15, 0.2) is 36.9 Å². The topological polar surface area (TPSA) is 56.3 Å². The minimum Gasteiger partial charge on any atom is -0.464 e. The van der Waals surface area contributed by atoms with E-state index in [1.807, 2.05) is 30.3 Å². The summed E-state index contributed by atoms with van der Waals surface area (Å²) in [5.74, 6) is -0.725. The van der Waals surface area contributed by atoms with Crippen LogP contribution < -0.4 is 0 Å². The van der Waals surface area contributed by atoms with E-state index < -0.39 is 5.97 Å². The van der Waals surface area contributed by atoms with Gasteiger partial charge in [0, 0.05) is 5.57 Å². The predicted molar refractivity (Wildman–Crippen MR) is 90.6 cm³/mol. The van der Waals surface area contributed by atoms with Gasteiger partial charge in [-0.3, -0.25) is 4.79 Å². The van der Waals surface area contributed by atoms with Gasteiger partial charge in [-0.25, -0.2) is 9.78 Å². The number of methoxy groups -OCH3 is 1. The van der Waals surface area contributed by atoms with Crippen LogP contribution in [0.1, 0.15) is 43.2 Å². The zero-order chi connectivity index (χ0) is 16.6. The van der Waals surface area contributed by atoms with E-state index in [0.29, 0.717) is 16.0 Å². The molecule has 2 aromatic rings. The molecule has 23 heavy (non-hydrogen) atoms. The van der Waals surface area contributed by atoms with Gasteiger partial charge in [0.2, 0.25) is 5.78 Å². The minimum atomic E-state index is -0.556. The van der Waals surface area contributed by atoms with Crippen LogP contribution >= 0.6 is 11.3 Å². The van der Waals surface area contributed by atoms with Gasteiger partial charge in [-0.05, 0) is 30.0 Å². The van der Waals surface area contributed by atoms with Crippen molar-refractivity contribution in [3.63, 3.8) is 0 Å². The number of carbonyl (C=O) groups is 2. The van der Waals surface area contributed by atoms with Crippen LogP contribution in [0.5, 0.6) is 0 Å². The van der Waals surface area contributed by atoms with Crippen molar-refractivity contribution in [2.24, 2.45) is 0 Å². The molecule has 1 aliphatic carbocycles. The third-order valence-electron chi connectivity index (χ3n) is 3.67. The van der Waals surface area contributed by atoms with Gasteiger partial charge in [-0.2, -0.15) is 0 Å². The lowest BCUT2D eigenvalue weighted by atomic mass is 10.0. The molecule has 5 heteroatoms. The third kappa shape index (κ3) is 2.64. The molecule has 0 saturated heterocycles. The zero-order valence-electron chi connectivity index (χ0n) is 12.9. The van der Waals surface area contributed by atoms with Crippen molar-refractivity contribution in [3.05, 3.63) is 63.6 Å². The normalized spacial score (nSPS) is 12.5. The van der Waals surface area contributed by atoms with Crippen molar-refractivity contribution < 1.29 is 14.3 Å². The third-order valence-corrected chi connectivity index (χ3v) is 4.88. The lowest BCUT2D eigenvalue weighted by molar-refractivity contribution is 0.0594. The highest BCUT2D eigenvalue weighted by atomic mass is 32.1. The number of allylic oxidation sites excluding steroid dienone is 3. The van der Waals surface area contributed by atoms with Crippen LogP contribution in [0.4, 0.5) is 0 Å². The largest absolute Gasteiger partial charge is 0.464 e. The first kappa shape index (κ1) is 15.4. The number of fused-ring (bicyclic) bond motifs is 1. The lowest BCUT2D eigenvalue weighted by Crippen LogP contribution is -2.06. The van der Waals surface area contributed by atoms with Gasteiger partial charge < -0.3 is 4.74 Å². The Morgan fingerprint density at radius 1 is 1.30 bits per heavy atom. The number of carbonyl (C=O) groups excluding carboxylic acids is 2. The monoisotopic (exact) mass is 325 g/mol. The van der Waals surface area contributed by atoms with Crippen LogP contribution in [0.3, 0.4) is 0 Å². The molecule has 116 valence electrons. The number of ether oxygens (including phenoxy) is 1. The van der Waals surface area contributed by atoms with Crippen LogP contribution in [0.2, 0.25) is 0 Å². The minimum absolute atomic E-state index is 0.153. The highest BCUT2D eigenvalue weighted by Gasteiger charge is 2.27. The molecular formula is C18H15NO3S. The second-order valence-corrected chi connectivity index (χ2v) is 6.28. The number of rotatable bonds is 4. The highest BCUT2D eigenvalue weighted by Crippen LogP contribution is 2.33. The summed E-state index contributed by atoms with van der Waals surface area (Å²) in [7, 11) is 1.29. The molecular weight excluding hydrogens is 310 g/mol. The Bertz CT molecular complexity index is 861. The first-order valence-electron chi connectivity index (χ1n) is 7.11. The average molecular weight is 325 g/mol. The lowest BCUT2D eigenvalue weighted by Gasteiger charge is -2.02. The maximum Gasteiger partial charge on any atom is 0.358 e. The maximum absolute atomic E-state index is 12.8. The van der Waals surface area contributed by atoms with Crippen molar-refractivity contribution >= 4 is 34.2 Å². The van der Waals surface area contributed by atoms with Crippen molar-refractivity contribution in [2.75, 3.05) is 7.11 Å². The molecule has 1 heterocycles. The Morgan fingerprint density at radius 3 is 2.74 bits per heavy atom.